The Morgan fingerprint density at radius 2 is 1.96 bits per heavy atom. The maximum atomic E-state index is 12.8. The lowest BCUT2D eigenvalue weighted by molar-refractivity contribution is -0.138. The molecule has 0 radical (unpaired) electrons. The minimum absolute atomic E-state index is 0.0202. The van der Waals surface area contributed by atoms with Crippen molar-refractivity contribution in [2.75, 3.05) is 5.73 Å². The molecule has 0 aliphatic rings. The SMILES string of the molecule is Nc1ccc(S(=O)(=O)NC(Cc2cnc[nH]2)C(=O)O)c2ccccc12. The van der Waals surface area contributed by atoms with Crippen LogP contribution in [0.1, 0.15) is 5.69 Å². The number of aliphatic carboxylic acids is 1. The van der Waals surface area contributed by atoms with E-state index in [1.807, 2.05) is 0 Å². The average molecular weight is 360 g/mol. The number of nitrogen functional groups attached to an aromatic ring is 1. The summed E-state index contributed by atoms with van der Waals surface area (Å²) in [6.07, 6.45) is 2.79. The van der Waals surface area contributed by atoms with E-state index in [1.165, 1.54) is 24.7 Å². The van der Waals surface area contributed by atoms with E-state index in [2.05, 4.69) is 14.7 Å². The van der Waals surface area contributed by atoms with Crippen LogP contribution in [0.3, 0.4) is 0 Å². The van der Waals surface area contributed by atoms with Gasteiger partial charge in [0.1, 0.15) is 6.04 Å². The van der Waals surface area contributed by atoms with E-state index in [-0.39, 0.29) is 11.3 Å². The number of carboxylic acid groups (broad SMARTS) is 1. The third kappa shape index (κ3) is 3.47. The normalized spacial score (nSPS) is 13.0. The van der Waals surface area contributed by atoms with E-state index in [9.17, 15) is 18.3 Å². The summed E-state index contributed by atoms with van der Waals surface area (Å²) in [6.45, 7) is 0. The van der Waals surface area contributed by atoms with Crippen LogP contribution >= 0.6 is 0 Å². The number of rotatable bonds is 6. The second-order valence-corrected chi connectivity index (χ2v) is 7.17. The van der Waals surface area contributed by atoms with Gasteiger partial charge in [0, 0.05) is 34.8 Å². The van der Waals surface area contributed by atoms with Crippen molar-refractivity contribution in [1.82, 2.24) is 14.7 Å². The van der Waals surface area contributed by atoms with E-state index in [0.29, 0.717) is 22.2 Å². The zero-order chi connectivity index (χ0) is 18.0. The van der Waals surface area contributed by atoms with Crippen molar-refractivity contribution >= 4 is 32.5 Å². The Morgan fingerprint density at radius 3 is 2.60 bits per heavy atom. The number of nitrogens with one attached hydrogen (secondary N) is 2. The number of hydrogen-bond acceptors (Lipinski definition) is 5. The first-order valence-electron chi connectivity index (χ1n) is 7.38. The van der Waals surface area contributed by atoms with E-state index in [4.69, 9.17) is 5.73 Å². The molecule has 5 N–H and O–H groups in total. The Bertz CT molecular complexity index is 1020. The highest BCUT2D eigenvalue weighted by molar-refractivity contribution is 7.89. The van der Waals surface area contributed by atoms with E-state index in [1.54, 1.807) is 24.3 Å². The van der Waals surface area contributed by atoms with Crippen LogP contribution in [0.4, 0.5) is 5.69 Å². The van der Waals surface area contributed by atoms with Crippen molar-refractivity contribution < 1.29 is 18.3 Å². The monoisotopic (exact) mass is 360 g/mol. The molecule has 0 spiro atoms. The third-order valence-corrected chi connectivity index (χ3v) is 5.31. The summed E-state index contributed by atoms with van der Waals surface area (Å²) in [4.78, 5) is 18.0. The molecule has 0 aliphatic heterocycles. The molecule has 0 fully saturated rings. The summed E-state index contributed by atoms with van der Waals surface area (Å²) in [6, 6.07) is 8.31. The largest absolute Gasteiger partial charge is 0.480 e. The van der Waals surface area contributed by atoms with Gasteiger partial charge in [-0.2, -0.15) is 4.72 Å². The number of benzene rings is 2. The zero-order valence-electron chi connectivity index (χ0n) is 13.0. The number of aromatic amines is 1. The Balaban J connectivity index is 1.98. The van der Waals surface area contributed by atoms with Crippen LogP contribution in [0.5, 0.6) is 0 Å². The second-order valence-electron chi connectivity index (χ2n) is 5.49. The Kier molecular flexibility index (Phi) is 4.43. The van der Waals surface area contributed by atoms with Gasteiger partial charge >= 0.3 is 5.97 Å². The molecule has 130 valence electrons. The fraction of sp³-hybridized carbons (Fsp3) is 0.125. The first-order chi connectivity index (χ1) is 11.9. The average Bonchev–Trinajstić information content (AvgIpc) is 3.07. The maximum absolute atomic E-state index is 12.8. The molecule has 0 saturated carbocycles. The van der Waals surface area contributed by atoms with Crippen LogP contribution in [0.15, 0.2) is 53.8 Å². The van der Waals surface area contributed by atoms with Crippen LogP contribution in [-0.2, 0) is 21.2 Å². The van der Waals surface area contributed by atoms with Crippen molar-refractivity contribution in [3.05, 3.63) is 54.6 Å². The quantitative estimate of drug-likeness (QED) is 0.486. The molecule has 8 nitrogen and oxygen atoms in total. The number of aromatic nitrogens is 2. The van der Waals surface area contributed by atoms with E-state index in [0.717, 1.165) is 0 Å². The molecule has 25 heavy (non-hydrogen) atoms. The predicted octanol–water partition coefficient (Wildman–Crippen LogP) is 1.12. The number of nitrogens with two attached hydrogens (primary N) is 1. The van der Waals surface area contributed by atoms with Gasteiger partial charge in [-0.15, -0.1) is 0 Å². The maximum Gasteiger partial charge on any atom is 0.322 e. The van der Waals surface area contributed by atoms with Gasteiger partial charge in [0.2, 0.25) is 10.0 Å². The second kappa shape index (κ2) is 6.54. The van der Waals surface area contributed by atoms with Crippen molar-refractivity contribution in [3.63, 3.8) is 0 Å². The molecule has 0 aliphatic carbocycles. The highest BCUT2D eigenvalue weighted by Gasteiger charge is 2.27. The summed E-state index contributed by atoms with van der Waals surface area (Å²) in [5, 5.41) is 10.4. The number of nitrogens with zero attached hydrogens (tertiary/aromatic N) is 1. The fourth-order valence-electron chi connectivity index (χ4n) is 2.58. The minimum atomic E-state index is -4.07. The van der Waals surface area contributed by atoms with E-state index < -0.39 is 22.0 Å². The molecule has 1 heterocycles. The lowest BCUT2D eigenvalue weighted by Crippen LogP contribution is -2.42. The summed E-state index contributed by atoms with van der Waals surface area (Å²) in [5.74, 6) is -1.28. The molecule has 1 aromatic heterocycles. The number of hydrogen-bond donors (Lipinski definition) is 4. The number of carbonyl (C=O) groups is 1. The summed E-state index contributed by atoms with van der Waals surface area (Å²) in [7, 11) is -4.07. The van der Waals surface area contributed by atoms with Gasteiger partial charge in [0.15, 0.2) is 0 Å². The van der Waals surface area contributed by atoms with Crippen molar-refractivity contribution in [2.24, 2.45) is 0 Å². The topological polar surface area (TPSA) is 138 Å². The zero-order valence-corrected chi connectivity index (χ0v) is 13.8. The molecular weight excluding hydrogens is 344 g/mol. The van der Waals surface area contributed by atoms with Crippen molar-refractivity contribution in [3.8, 4) is 0 Å². The van der Waals surface area contributed by atoms with Gasteiger partial charge in [0.05, 0.1) is 11.2 Å². The number of fused-ring (bicyclic) bond motifs is 1. The van der Waals surface area contributed by atoms with Gasteiger partial charge in [-0.25, -0.2) is 13.4 Å². The van der Waals surface area contributed by atoms with Gasteiger partial charge in [-0.05, 0) is 12.1 Å². The first kappa shape index (κ1) is 16.9. The van der Waals surface area contributed by atoms with Gasteiger partial charge in [-0.3, -0.25) is 4.79 Å². The number of carboxylic acids is 1. The number of imidazole rings is 1. The fourth-order valence-corrected chi connectivity index (χ4v) is 3.98. The van der Waals surface area contributed by atoms with Crippen molar-refractivity contribution in [2.45, 2.75) is 17.4 Å². The number of H-pyrrole nitrogens is 1. The number of sulfonamides is 1. The Hall–Kier alpha value is -2.91. The van der Waals surface area contributed by atoms with Crippen LogP contribution in [0, 0.1) is 0 Å². The molecule has 3 rings (SSSR count). The highest BCUT2D eigenvalue weighted by atomic mass is 32.2. The molecule has 2 aromatic carbocycles. The summed E-state index contributed by atoms with van der Waals surface area (Å²) in [5.41, 5.74) is 6.85. The molecule has 0 amide bonds. The highest BCUT2D eigenvalue weighted by Crippen LogP contribution is 2.27. The molecular formula is C16H16N4O4S. The van der Waals surface area contributed by atoms with E-state index >= 15 is 0 Å². The van der Waals surface area contributed by atoms with Crippen LogP contribution in [-0.4, -0.2) is 35.5 Å². The van der Waals surface area contributed by atoms with Crippen LogP contribution < -0.4 is 10.5 Å². The minimum Gasteiger partial charge on any atom is -0.480 e. The molecule has 0 saturated heterocycles. The Labute approximate surface area is 143 Å². The van der Waals surface area contributed by atoms with Gasteiger partial charge < -0.3 is 15.8 Å². The van der Waals surface area contributed by atoms with Gasteiger partial charge in [0.25, 0.3) is 0 Å². The van der Waals surface area contributed by atoms with Crippen LogP contribution in [0.2, 0.25) is 0 Å². The predicted molar refractivity (Wildman–Crippen MR) is 92.4 cm³/mol. The molecule has 1 unspecified atom stereocenters. The Morgan fingerprint density at radius 1 is 1.24 bits per heavy atom. The molecule has 3 aromatic rings. The lowest BCUT2D eigenvalue weighted by Gasteiger charge is -2.16. The van der Waals surface area contributed by atoms with Crippen LogP contribution in [0.25, 0.3) is 10.8 Å². The summed E-state index contributed by atoms with van der Waals surface area (Å²) >= 11 is 0. The van der Waals surface area contributed by atoms with Gasteiger partial charge in [-0.1, -0.05) is 24.3 Å². The molecule has 1 atom stereocenters. The molecule has 0 bridgehead atoms. The first-order valence-corrected chi connectivity index (χ1v) is 8.86. The lowest BCUT2D eigenvalue weighted by atomic mass is 10.1. The van der Waals surface area contributed by atoms with Crippen molar-refractivity contribution in [1.29, 1.82) is 0 Å². The molecule has 9 heteroatoms. The smallest absolute Gasteiger partial charge is 0.322 e. The number of anilines is 1. The summed E-state index contributed by atoms with van der Waals surface area (Å²) < 4.78 is 27.8. The standard InChI is InChI=1S/C16H16N4O4S/c17-13-5-6-15(12-4-2-1-3-11(12)13)25(23,24)20-14(16(21)22)7-10-8-18-9-19-10/h1-6,8-9,14,20H,7,17H2,(H,18,19)(H,21,22). The third-order valence-electron chi connectivity index (χ3n) is 3.78.